The molecule has 1 aliphatic heterocycles. The second-order valence-electron chi connectivity index (χ2n) is 4.00. The highest BCUT2D eigenvalue weighted by Gasteiger charge is 2.14. The van der Waals surface area contributed by atoms with Crippen LogP contribution in [0.2, 0.25) is 0 Å². The van der Waals surface area contributed by atoms with Crippen molar-refractivity contribution in [1.29, 1.82) is 0 Å². The first-order valence-corrected chi connectivity index (χ1v) is 5.65. The van der Waals surface area contributed by atoms with Gasteiger partial charge in [0.2, 0.25) is 5.88 Å². The summed E-state index contributed by atoms with van der Waals surface area (Å²) in [5, 5.41) is 6.75. The Hall–Kier alpha value is -1.20. The Bertz CT molecular complexity index is 326. The molecule has 1 aromatic rings. The largest absolute Gasteiger partial charge is 0.480 e. The second-order valence-corrected chi connectivity index (χ2v) is 4.00. The molecule has 0 amide bonds. The van der Waals surface area contributed by atoms with E-state index in [9.17, 15) is 0 Å². The van der Waals surface area contributed by atoms with Crippen molar-refractivity contribution in [1.82, 2.24) is 20.6 Å². The molecule has 1 aromatic heterocycles. The molecule has 1 aliphatic rings. The lowest BCUT2D eigenvalue weighted by Crippen LogP contribution is -2.24. The molecule has 1 atom stereocenters. The summed E-state index contributed by atoms with van der Waals surface area (Å²) in [6, 6.07) is 0. The summed E-state index contributed by atoms with van der Waals surface area (Å²) < 4.78 is 5.14. The van der Waals surface area contributed by atoms with Crippen LogP contribution in [0.1, 0.15) is 12.1 Å². The summed E-state index contributed by atoms with van der Waals surface area (Å²) >= 11 is 0. The molecular weight excluding hydrogens is 204 g/mol. The van der Waals surface area contributed by atoms with Gasteiger partial charge in [-0.15, -0.1) is 0 Å². The van der Waals surface area contributed by atoms with Crippen molar-refractivity contribution in [3.8, 4) is 5.88 Å². The van der Waals surface area contributed by atoms with Gasteiger partial charge in [0.05, 0.1) is 7.11 Å². The van der Waals surface area contributed by atoms with Gasteiger partial charge in [-0.3, -0.25) is 4.98 Å². The van der Waals surface area contributed by atoms with Gasteiger partial charge in [0.15, 0.2) is 0 Å². The van der Waals surface area contributed by atoms with Crippen molar-refractivity contribution in [3.05, 3.63) is 18.1 Å². The summed E-state index contributed by atoms with van der Waals surface area (Å²) in [6.07, 6.45) is 4.59. The zero-order valence-corrected chi connectivity index (χ0v) is 9.57. The number of hydrogen-bond donors (Lipinski definition) is 2. The zero-order valence-electron chi connectivity index (χ0n) is 9.57. The molecule has 2 heterocycles. The highest BCUT2D eigenvalue weighted by Crippen LogP contribution is 2.10. The van der Waals surface area contributed by atoms with Gasteiger partial charge < -0.3 is 15.4 Å². The minimum Gasteiger partial charge on any atom is -0.480 e. The van der Waals surface area contributed by atoms with Crippen molar-refractivity contribution >= 4 is 0 Å². The molecule has 0 radical (unpaired) electrons. The van der Waals surface area contributed by atoms with Crippen molar-refractivity contribution in [3.63, 3.8) is 0 Å². The average molecular weight is 222 g/mol. The quantitative estimate of drug-likeness (QED) is 0.744. The van der Waals surface area contributed by atoms with Crippen molar-refractivity contribution in [2.75, 3.05) is 26.7 Å². The molecule has 1 saturated heterocycles. The van der Waals surface area contributed by atoms with E-state index in [-0.39, 0.29) is 0 Å². The van der Waals surface area contributed by atoms with E-state index in [0.717, 1.165) is 31.2 Å². The molecule has 2 rings (SSSR count). The van der Waals surface area contributed by atoms with Crippen molar-refractivity contribution in [2.45, 2.75) is 13.0 Å². The summed E-state index contributed by atoms with van der Waals surface area (Å²) in [4.78, 5) is 8.36. The molecule has 5 heteroatoms. The Morgan fingerprint density at radius 2 is 2.38 bits per heavy atom. The van der Waals surface area contributed by atoms with E-state index in [1.54, 1.807) is 19.5 Å². The molecule has 88 valence electrons. The number of methoxy groups -OCH3 is 1. The average Bonchev–Trinajstić information content (AvgIpc) is 2.83. The SMILES string of the molecule is COc1nccnc1CNC[C@@H]1CCNC1. The van der Waals surface area contributed by atoms with Crippen LogP contribution in [0.4, 0.5) is 0 Å². The maximum Gasteiger partial charge on any atom is 0.236 e. The minimum absolute atomic E-state index is 0.611. The maximum absolute atomic E-state index is 5.14. The molecule has 0 bridgehead atoms. The van der Waals surface area contributed by atoms with E-state index in [4.69, 9.17) is 4.74 Å². The Labute approximate surface area is 95.6 Å². The normalized spacial score (nSPS) is 19.9. The monoisotopic (exact) mass is 222 g/mol. The third-order valence-corrected chi connectivity index (χ3v) is 2.82. The molecule has 5 nitrogen and oxygen atoms in total. The summed E-state index contributed by atoms with van der Waals surface area (Å²) in [6.45, 7) is 3.99. The number of aromatic nitrogens is 2. The first kappa shape index (κ1) is 11.3. The molecule has 16 heavy (non-hydrogen) atoms. The summed E-state index contributed by atoms with van der Waals surface area (Å²) in [5.41, 5.74) is 0.871. The summed E-state index contributed by atoms with van der Waals surface area (Å²) in [5.74, 6) is 1.35. The van der Waals surface area contributed by atoms with Crippen LogP contribution in [0.15, 0.2) is 12.4 Å². The third-order valence-electron chi connectivity index (χ3n) is 2.82. The number of nitrogens with one attached hydrogen (secondary N) is 2. The van der Waals surface area contributed by atoms with Gasteiger partial charge in [-0.25, -0.2) is 4.98 Å². The number of nitrogens with zero attached hydrogens (tertiary/aromatic N) is 2. The number of ether oxygens (including phenoxy) is 1. The van der Waals surface area contributed by atoms with Crippen molar-refractivity contribution in [2.24, 2.45) is 5.92 Å². The highest BCUT2D eigenvalue weighted by molar-refractivity contribution is 5.16. The van der Waals surface area contributed by atoms with Crippen LogP contribution in [-0.2, 0) is 6.54 Å². The smallest absolute Gasteiger partial charge is 0.236 e. The first-order valence-electron chi connectivity index (χ1n) is 5.65. The lowest BCUT2D eigenvalue weighted by atomic mass is 10.1. The van der Waals surface area contributed by atoms with E-state index in [0.29, 0.717) is 12.4 Å². The van der Waals surface area contributed by atoms with E-state index in [2.05, 4.69) is 20.6 Å². The van der Waals surface area contributed by atoms with Crippen LogP contribution < -0.4 is 15.4 Å². The third kappa shape index (κ3) is 2.90. The Morgan fingerprint density at radius 3 is 3.12 bits per heavy atom. The predicted molar refractivity (Wildman–Crippen MR) is 61.3 cm³/mol. The van der Waals surface area contributed by atoms with Crippen molar-refractivity contribution < 1.29 is 4.74 Å². The van der Waals surface area contributed by atoms with Crippen LogP contribution in [0, 0.1) is 5.92 Å². The zero-order chi connectivity index (χ0) is 11.2. The fraction of sp³-hybridized carbons (Fsp3) is 0.636. The Balaban J connectivity index is 1.79. The lowest BCUT2D eigenvalue weighted by Gasteiger charge is -2.10. The number of rotatable bonds is 5. The molecule has 0 unspecified atom stereocenters. The van der Waals surface area contributed by atoms with Gasteiger partial charge >= 0.3 is 0 Å². The first-order chi connectivity index (χ1) is 7.90. The van der Waals surface area contributed by atoms with E-state index in [1.165, 1.54) is 6.42 Å². The van der Waals surface area contributed by atoms with Gasteiger partial charge in [-0.05, 0) is 32.0 Å². The van der Waals surface area contributed by atoms with Crippen LogP contribution in [0.25, 0.3) is 0 Å². The van der Waals surface area contributed by atoms with Crippen LogP contribution in [-0.4, -0.2) is 36.7 Å². The number of hydrogen-bond acceptors (Lipinski definition) is 5. The van der Waals surface area contributed by atoms with Crippen LogP contribution >= 0.6 is 0 Å². The highest BCUT2D eigenvalue weighted by atomic mass is 16.5. The molecular formula is C11H18N4O. The fourth-order valence-electron chi connectivity index (χ4n) is 1.93. The molecule has 0 aromatic carbocycles. The predicted octanol–water partition coefficient (Wildman–Crippen LogP) is 0.184. The Morgan fingerprint density at radius 1 is 1.50 bits per heavy atom. The standard InChI is InChI=1S/C11H18N4O/c1-16-11-10(14-4-5-15-11)8-13-7-9-2-3-12-6-9/h4-5,9,12-13H,2-3,6-8H2,1H3/t9-/m1/s1. The van der Waals surface area contributed by atoms with Crippen LogP contribution in [0.5, 0.6) is 5.88 Å². The van der Waals surface area contributed by atoms with E-state index < -0.39 is 0 Å². The van der Waals surface area contributed by atoms with Crippen LogP contribution in [0.3, 0.4) is 0 Å². The second kappa shape index (κ2) is 5.77. The molecule has 2 N–H and O–H groups in total. The summed E-state index contributed by atoms with van der Waals surface area (Å²) in [7, 11) is 1.62. The topological polar surface area (TPSA) is 59.1 Å². The Kier molecular flexibility index (Phi) is 4.07. The molecule has 0 aliphatic carbocycles. The van der Waals surface area contributed by atoms with Gasteiger partial charge in [0.1, 0.15) is 5.69 Å². The minimum atomic E-state index is 0.611. The van der Waals surface area contributed by atoms with Gasteiger partial charge in [0, 0.05) is 18.9 Å². The fourth-order valence-corrected chi connectivity index (χ4v) is 1.93. The maximum atomic E-state index is 5.14. The van der Waals surface area contributed by atoms with Gasteiger partial charge in [-0.2, -0.15) is 0 Å². The van der Waals surface area contributed by atoms with Gasteiger partial charge in [-0.1, -0.05) is 0 Å². The van der Waals surface area contributed by atoms with E-state index >= 15 is 0 Å². The molecule has 1 fully saturated rings. The molecule has 0 saturated carbocycles. The van der Waals surface area contributed by atoms with Gasteiger partial charge in [0.25, 0.3) is 0 Å². The molecule has 0 spiro atoms. The lowest BCUT2D eigenvalue weighted by molar-refractivity contribution is 0.385. The van der Waals surface area contributed by atoms with E-state index in [1.807, 2.05) is 0 Å².